The van der Waals surface area contributed by atoms with Gasteiger partial charge in [0.2, 0.25) is 0 Å². The Hall–Kier alpha value is -1.94. The predicted octanol–water partition coefficient (Wildman–Crippen LogP) is 4.05. The highest BCUT2D eigenvalue weighted by atomic mass is 35.5. The number of benzene rings is 1. The Balaban J connectivity index is 1.71. The number of hydrogen-bond donors (Lipinski definition) is 2. The number of anilines is 4. The molecule has 0 atom stereocenters. The van der Waals surface area contributed by atoms with E-state index < -0.39 is 0 Å². The van der Waals surface area contributed by atoms with Crippen LogP contribution < -0.4 is 16.0 Å². The van der Waals surface area contributed by atoms with E-state index in [9.17, 15) is 0 Å². The third-order valence-corrected chi connectivity index (χ3v) is 3.87. The van der Waals surface area contributed by atoms with Crippen LogP contribution in [0.1, 0.15) is 19.3 Å². The smallest absolute Gasteiger partial charge is 0.134 e. The van der Waals surface area contributed by atoms with E-state index in [1.807, 2.05) is 0 Å². The maximum atomic E-state index is 5.91. The van der Waals surface area contributed by atoms with Crippen molar-refractivity contribution in [1.82, 2.24) is 4.98 Å². The predicted molar refractivity (Wildman–Crippen MR) is 89.4 cm³/mol. The van der Waals surface area contributed by atoms with E-state index in [1.54, 1.807) is 12.1 Å². The lowest BCUT2D eigenvalue weighted by atomic mass is 10.1. The van der Waals surface area contributed by atoms with Gasteiger partial charge in [0.05, 0.1) is 0 Å². The summed E-state index contributed by atoms with van der Waals surface area (Å²) < 4.78 is 0. The van der Waals surface area contributed by atoms with Crippen LogP contribution in [0.25, 0.3) is 0 Å². The van der Waals surface area contributed by atoms with E-state index in [-0.39, 0.29) is 0 Å². The topological polar surface area (TPSA) is 54.2 Å². The van der Waals surface area contributed by atoms with Gasteiger partial charge in [-0.15, -0.1) is 0 Å². The van der Waals surface area contributed by atoms with Crippen molar-refractivity contribution in [2.24, 2.45) is 0 Å². The van der Waals surface area contributed by atoms with Gasteiger partial charge in [0.1, 0.15) is 11.0 Å². The second-order valence-corrected chi connectivity index (χ2v) is 5.72. The number of nitrogens with two attached hydrogens (primary N) is 1. The average Bonchev–Trinajstić information content (AvgIpc) is 2.48. The first-order valence-electron chi connectivity index (χ1n) is 7.26. The minimum Gasteiger partial charge on any atom is -0.399 e. The molecule has 21 heavy (non-hydrogen) atoms. The van der Waals surface area contributed by atoms with Gasteiger partial charge in [0.15, 0.2) is 0 Å². The number of nitrogen functional groups attached to an aromatic ring is 1. The first-order chi connectivity index (χ1) is 10.2. The standard InChI is InChI=1S/C16H19ClN4/c17-15-10-12(18)11-16(20-15)19-13-4-6-14(7-5-13)21-8-2-1-3-9-21/h4-7,10-11H,1-3,8-9H2,(H3,18,19,20). The van der Waals surface area contributed by atoms with Gasteiger partial charge in [-0.25, -0.2) is 4.98 Å². The highest BCUT2D eigenvalue weighted by Crippen LogP contribution is 2.24. The summed E-state index contributed by atoms with van der Waals surface area (Å²) in [5.74, 6) is 0.658. The van der Waals surface area contributed by atoms with Crippen molar-refractivity contribution < 1.29 is 0 Å². The van der Waals surface area contributed by atoms with Crippen LogP contribution in [0.2, 0.25) is 5.15 Å². The van der Waals surface area contributed by atoms with Crippen LogP contribution in [-0.2, 0) is 0 Å². The number of aromatic nitrogens is 1. The van der Waals surface area contributed by atoms with Crippen molar-refractivity contribution in [1.29, 1.82) is 0 Å². The Morgan fingerprint density at radius 1 is 1.05 bits per heavy atom. The lowest BCUT2D eigenvalue weighted by molar-refractivity contribution is 0.578. The molecular weight excluding hydrogens is 284 g/mol. The summed E-state index contributed by atoms with van der Waals surface area (Å²) in [6.07, 6.45) is 3.91. The van der Waals surface area contributed by atoms with Crippen LogP contribution in [0.5, 0.6) is 0 Å². The quantitative estimate of drug-likeness (QED) is 0.840. The van der Waals surface area contributed by atoms with Gasteiger partial charge >= 0.3 is 0 Å². The van der Waals surface area contributed by atoms with E-state index >= 15 is 0 Å². The Labute approximate surface area is 129 Å². The monoisotopic (exact) mass is 302 g/mol. The van der Waals surface area contributed by atoms with Crippen molar-refractivity contribution in [3.8, 4) is 0 Å². The summed E-state index contributed by atoms with van der Waals surface area (Å²) in [5.41, 5.74) is 8.62. The minimum atomic E-state index is 0.391. The van der Waals surface area contributed by atoms with Crippen LogP contribution in [0.15, 0.2) is 36.4 Å². The zero-order valence-corrected chi connectivity index (χ0v) is 12.6. The van der Waals surface area contributed by atoms with E-state index in [0.717, 1.165) is 18.8 Å². The molecule has 3 rings (SSSR count). The van der Waals surface area contributed by atoms with Crippen molar-refractivity contribution in [3.05, 3.63) is 41.6 Å². The van der Waals surface area contributed by atoms with E-state index in [2.05, 4.69) is 39.5 Å². The molecule has 1 saturated heterocycles. The van der Waals surface area contributed by atoms with Crippen LogP contribution in [0.3, 0.4) is 0 Å². The molecule has 0 radical (unpaired) electrons. The molecule has 3 N–H and O–H groups in total. The highest BCUT2D eigenvalue weighted by Gasteiger charge is 2.10. The number of hydrogen-bond acceptors (Lipinski definition) is 4. The SMILES string of the molecule is Nc1cc(Cl)nc(Nc2ccc(N3CCCCC3)cc2)c1. The zero-order valence-electron chi connectivity index (χ0n) is 11.8. The third kappa shape index (κ3) is 3.58. The van der Waals surface area contributed by atoms with E-state index in [1.165, 1.54) is 24.9 Å². The van der Waals surface area contributed by atoms with Crippen molar-refractivity contribution in [2.75, 3.05) is 29.0 Å². The lowest BCUT2D eigenvalue weighted by Crippen LogP contribution is -2.29. The first-order valence-corrected chi connectivity index (χ1v) is 7.63. The summed E-state index contributed by atoms with van der Waals surface area (Å²) in [6, 6.07) is 11.8. The number of piperidine rings is 1. The average molecular weight is 303 g/mol. The van der Waals surface area contributed by atoms with Crippen molar-refractivity contribution in [3.63, 3.8) is 0 Å². The van der Waals surface area contributed by atoms with Crippen LogP contribution >= 0.6 is 11.6 Å². The molecule has 1 aliphatic heterocycles. The van der Waals surface area contributed by atoms with Crippen LogP contribution in [0, 0.1) is 0 Å². The zero-order chi connectivity index (χ0) is 14.7. The summed E-state index contributed by atoms with van der Waals surface area (Å²) in [7, 11) is 0. The highest BCUT2D eigenvalue weighted by molar-refractivity contribution is 6.29. The molecule has 0 spiro atoms. The van der Waals surface area contributed by atoms with Crippen LogP contribution in [-0.4, -0.2) is 18.1 Å². The van der Waals surface area contributed by atoms with Gasteiger partial charge < -0.3 is 16.0 Å². The number of rotatable bonds is 3. The summed E-state index contributed by atoms with van der Waals surface area (Å²) >= 11 is 5.91. The number of halogens is 1. The first kappa shape index (κ1) is 14.0. The molecule has 0 amide bonds. The Bertz CT molecular complexity index is 586. The molecule has 1 aromatic carbocycles. The normalized spacial score (nSPS) is 15.0. The molecule has 1 aromatic heterocycles. The molecule has 2 aromatic rings. The molecule has 2 heterocycles. The Morgan fingerprint density at radius 3 is 2.43 bits per heavy atom. The van der Waals surface area contributed by atoms with Gasteiger partial charge in [-0.3, -0.25) is 0 Å². The molecule has 1 aliphatic rings. The molecule has 5 heteroatoms. The third-order valence-electron chi connectivity index (χ3n) is 3.68. The molecule has 1 fully saturated rings. The van der Waals surface area contributed by atoms with E-state index in [0.29, 0.717) is 16.7 Å². The van der Waals surface area contributed by atoms with Crippen molar-refractivity contribution in [2.45, 2.75) is 19.3 Å². The maximum Gasteiger partial charge on any atom is 0.134 e. The molecule has 0 aliphatic carbocycles. The number of nitrogens with one attached hydrogen (secondary N) is 1. The summed E-state index contributed by atoms with van der Waals surface area (Å²) in [6.45, 7) is 2.30. The molecular formula is C16H19ClN4. The van der Waals surface area contributed by atoms with Gasteiger partial charge in [-0.1, -0.05) is 11.6 Å². The molecule has 0 unspecified atom stereocenters. The largest absolute Gasteiger partial charge is 0.399 e. The fourth-order valence-electron chi connectivity index (χ4n) is 2.64. The summed E-state index contributed by atoms with van der Waals surface area (Å²) in [5, 5.41) is 3.61. The van der Waals surface area contributed by atoms with Crippen molar-refractivity contribution >= 4 is 34.5 Å². The maximum absolute atomic E-state index is 5.91. The number of nitrogens with zero attached hydrogens (tertiary/aromatic N) is 2. The summed E-state index contributed by atoms with van der Waals surface area (Å²) in [4.78, 5) is 6.64. The fraction of sp³-hybridized carbons (Fsp3) is 0.312. The Morgan fingerprint density at radius 2 is 1.76 bits per heavy atom. The molecule has 110 valence electrons. The molecule has 0 bridgehead atoms. The Kier molecular flexibility index (Phi) is 4.15. The van der Waals surface area contributed by atoms with Gasteiger partial charge in [-0.05, 0) is 49.6 Å². The van der Waals surface area contributed by atoms with Gasteiger partial charge in [0, 0.05) is 36.2 Å². The van der Waals surface area contributed by atoms with E-state index in [4.69, 9.17) is 17.3 Å². The second kappa shape index (κ2) is 6.22. The van der Waals surface area contributed by atoms with Gasteiger partial charge in [-0.2, -0.15) is 0 Å². The second-order valence-electron chi connectivity index (χ2n) is 5.33. The fourth-order valence-corrected chi connectivity index (χ4v) is 2.85. The van der Waals surface area contributed by atoms with Gasteiger partial charge in [0.25, 0.3) is 0 Å². The lowest BCUT2D eigenvalue weighted by Gasteiger charge is -2.28. The molecule has 4 nitrogen and oxygen atoms in total. The molecule has 0 saturated carbocycles. The number of pyridine rings is 1. The minimum absolute atomic E-state index is 0.391. The van der Waals surface area contributed by atoms with Crippen LogP contribution in [0.4, 0.5) is 22.9 Å².